The molecule has 1 N–H and O–H groups in total. The fourth-order valence-corrected chi connectivity index (χ4v) is 1.85. The van der Waals surface area contributed by atoms with Gasteiger partial charge < -0.3 is 10.2 Å². The van der Waals surface area contributed by atoms with Gasteiger partial charge in [0.25, 0.3) is 0 Å². The lowest BCUT2D eigenvalue weighted by atomic mass is 10.1. The Morgan fingerprint density at radius 3 is 2.58 bits per heavy atom. The molecule has 0 atom stereocenters. The van der Waals surface area contributed by atoms with Crippen molar-refractivity contribution in [2.45, 2.75) is 40.0 Å². The van der Waals surface area contributed by atoms with Gasteiger partial charge in [0.15, 0.2) is 0 Å². The Morgan fingerprint density at radius 2 is 2.00 bits per heavy atom. The van der Waals surface area contributed by atoms with Crippen LogP contribution in [0.2, 0.25) is 0 Å². The summed E-state index contributed by atoms with van der Waals surface area (Å²) < 4.78 is 0. The van der Waals surface area contributed by atoms with Crippen molar-refractivity contribution in [2.24, 2.45) is 5.92 Å². The van der Waals surface area contributed by atoms with E-state index in [1.807, 2.05) is 0 Å². The average molecular weight is 264 g/mol. The molecule has 0 aliphatic heterocycles. The highest BCUT2D eigenvalue weighted by Gasteiger charge is 2.07. The smallest absolute Gasteiger partial charge is 0.132 e. The van der Waals surface area contributed by atoms with Crippen molar-refractivity contribution in [3.63, 3.8) is 0 Å². The Bertz CT molecular complexity index is 374. The van der Waals surface area contributed by atoms with Crippen LogP contribution in [-0.4, -0.2) is 42.1 Å². The molecule has 1 aromatic rings. The lowest BCUT2D eigenvalue weighted by molar-refractivity contribution is 0.409. The number of aromatic nitrogens is 2. The SMILES string of the molecule is CCCNc1cc(CC(C)C)nc(CCN(C)C)n1. The minimum absolute atomic E-state index is 0.621. The van der Waals surface area contributed by atoms with E-state index >= 15 is 0 Å². The summed E-state index contributed by atoms with van der Waals surface area (Å²) >= 11 is 0. The molecule has 1 rings (SSSR count). The third-order valence-electron chi connectivity index (χ3n) is 2.78. The summed E-state index contributed by atoms with van der Waals surface area (Å²) in [4.78, 5) is 11.4. The Labute approximate surface area is 117 Å². The second-order valence-corrected chi connectivity index (χ2v) is 5.74. The van der Waals surface area contributed by atoms with Gasteiger partial charge in [0.1, 0.15) is 11.6 Å². The van der Waals surface area contributed by atoms with Gasteiger partial charge in [-0.25, -0.2) is 9.97 Å². The van der Waals surface area contributed by atoms with E-state index in [9.17, 15) is 0 Å². The largest absolute Gasteiger partial charge is 0.370 e. The van der Waals surface area contributed by atoms with Crippen LogP contribution in [0.15, 0.2) is 6.07 Å². The third kappa shape index (κ3) is 6.53. The number of likely N-dealkylation sites (N-methyl/N-ethyl adjacent to an activating group) is 1. The van der Waals surface area contributed by atoms with Crippen molar-refractivity contribution in [2.75, 3.05) is 32.5 Å². The van der Waals surface area contributed by atoms with Gasteiger partial charge in [-0.3, -0.25) is 0 Å². The molecule has 0 aliphatic rings. The normalized spacial score (nSPS) is 11.3. The summed E-state index contributed by atoms with van der Waals surface area (Å²) in [6, 6.07) is 2.09. The number of nitrogens with zero attached hydrogens (tertiary/aromatic N) is 3. The first-order valence-corrected chi connectivity index (χ1v) is 7.26. The fraction of sp³-hybridized carbons (Fsp3) is 0.733. The number of hydrogen-bond acceptors (Lipinski definition) is 4. The van der Waals surface area contributed by atoms with Crippen LogP contribution >= 0.6 is 0 Å². The molecule has 1 aromatic heterocycles. The van der Waals surface area contributed by atoms with E-state index in [4.69, 9.17) is 0 Å². The first kappa shape index (κ1) is 15.9. The average Bonchev–Trinajstić information content (AvgIpc) is 2.33. The summed E-state index contributed by atoms with van der Waals surface area (Å²) in [5.41, 5.74) is 1.15. The van der Waals surface area contributed by atoms with Gasteiger partial charge in [0.05, 0.1) is 0 Å². The van der Waals surface area contributed by atoms with Crippen LogP contribution < -0.4 is 5.32 Å². The molecule has 4 nitrogen and oxygen atoms in total. The van der Waals surface area contributed by atoms with Crippen molar-refractivity contribution >= 4 is 5.82 Å². The summed E-state index contributed by atoms with van der Waals surface area (Å²) in [6.45, 7) is 8.56. The molecule has 0 unspecified atom stereocenters. The van der Waals surface area contributed by atoms with Crippen LogP contribution in [0.3, 0.4) is 0 Å². The van der Waals surface area contributed by atoms with E-state index < -0.39 is 0 Å². The minimum Gasteiger partial charge on any atom is -0.370 e. The summed E-state index contributed by atoms with van der Waals surface area (Å²) in [5, 5.41) is 3.37. The molecular weight excluding hydrogens is 236 g/mol. The zero-order valence-corrected chi connectivity index (χ0v) is 13.0. The highest BCUT2D eigenvalue weighted by atomic mass is 15.1. The van der Waals surface area contributed by atoms with E-state index in [-0.39, 0.29) is 0 Å². The maximum atomic E-state index is 4.68. The molecule has 19 heavy (non-hydrogen) atoms. The third-order valence-corrected chi connectivity index (χ3v) is 2.78. The van der Waals surface area contributed by atoms with Gasteiger partial charge in [-0.1, -0.05) is 20.8 Å². The first-order valence-electron chi connectivity index (χ1n) is 7.26. The number of hydrogen-bond donors (Lipinski definition) is 1. The van der Waals surface area contributed by atoms with Crippen LogP contribution in [0.4, 0.5) is 5.82 Å². The van der Waals surface area contributed by atoms with Gasteiger partial charge >= 0.3 is 0 Å². The maximum absolute atomic E-state index is 4.68. The lowest BCUT2D eigenvalue weighted by Crippen LogP contribution is -2.17. The Hall–Kier alpha value is -1.16. The van der Waals surface area contributed by atoms with E-state index in [1.54, 1.807) is 0 Å². The Morgan fingerprint density at radius 1 is 1.26 bits per heavy atom. The summed E-state index contributed by atoms with van der Waals surface area (Å²) in [6.07, 6.45) is 3.02. The standard InChI is InChI=1S/C15H28N4/c1-6-8-16-15-11-13(10-12(2)3)17-14(18-15)7-9-19(4)5/h11-12H,6-10H2,1-5H3,(H,16,17,18). The van der Waals surface area contributed by atoms with Gasteiger partial charge in [-0.15, -0.1) is 0 Å². The van der Waals surface area contributed by atoms with E-state index in [2.05, 4.69) is 61.1 Å². The molecule has 0 fully saturated rings. The molecule has 0 spiro atoms. The number of nitrogens with one attached hydrogen (secondary N) is 1. The second kappa shape index (κ2) is 8.10. The quantitative estimate of drug-likeness (QED) is 0.783. The van der Waals surface area contributed by atoms with Crippen molar-refractivity contribution in [3.8, 4) is 0 Å². The van der Waals surface area contributed by atoms with E-state index in [1.165, 1.54) is 0 Å². The molecule has 0 aromatic carbocycles. The van der Waals surface area contributed by atoms with Crippen LogP contribution in [0.25, 0.3) is 0 Å². The number of rotatable bonds is 8. The molecule has 0 saturated heterocycles. The summed E-state index contributed by atoms with van der Waals surface area (Å²) in [5.74, 6) is 2.54. The predicted octanol–water partition coefficient (Wildman–Crippen LogP) is 2.60. The minimum atomic E-state index is 0.621. The highest BCUT2D eigenvalue weighted by Crippen LogP contribution is 2.12. The molecule has 0 radical (unpaired) electrons. The van der Waals surface area contributed by atoms with Gasteiger partial charge in [0, 0.05) is 31.3 Å². The molecule has 4 heteroatoms. The fourth-order valence-electron chi connectivity index (χ4n) is 1.85. The molecule has 0 saturated carbocycles. The zero-order valence-electron chi connectivity index (χ0n) is 13.0. The van der Waals surface area contributed by atoms with Crippen molar-refractivity contribution in [3.05, 3.63) is 17.6 Å². The van der Waals surface area contributed by atoms with Crippen molar-refractivity contribution in [1.29, 1.82) is 0 Å². The Balaban J connectivity index is 2.81. The van der Waals surface area contributed by atoms with Crippen molar-refractivity contribution in [1.82, 2.24) is 14.9 Å². The highest BCUT2D eigenvalue weighted by molar-refractivity contribution is 5.36. The zero-order chi connectivity index (χ0) is 14.3. The number of anilines is 1. The topological polar surface area (TPSA) is 41.1 Å². The van der Waals surface area contributed by atoms with Crippen molar-refractivity contribution < 1.29 is 0 Å². The molecular formula is C15H28N4. The van der Waals surface area contributed by atoms with Gasteiger partial charge in [-0.05, 0) is 32.9 Å². The maximum Gasteiger partial charge on any atom is 0.132 e. The lowest BCUT2D eigenvalue weighted by Gasteiger charge is -2.12. The molecule has 0 bridgehead atoms. The monoisotopic (exact) mass is 264 g/mol. The predicted molar refractivity (Wildman–Crippen MR) is 81.6 cm³/mol. The molecule has 108 valence electrons. The van der Waals surface area contributed by atoms with Crippen LogP contribution in [0.1, 0.15) is 38.7 Å². The summed E-state index contributed by atoms with van der Waals surface area (Å²) in [7, 11) is 4.16. The Kier molecular flexibility index (Phi) is 6.78. The van der Waals surface area contributed by atoms with Gasteiger partial charge in [0.2, 0.25) is 0 Å². The van der Waals surface area contributed by atoms with Crippen LogP contribution in [0.5, 0.6) is 0 Å². The van der Waals surface area contributed by atoms with Crippen LogP contribution in [0, 0.1) is 5.92 Å². The molecule has 0 amide bonds. The van der Waals surface area contributed by atoms with Crippen LogP contribution in [-0.2, 0) is 12.8 Å². The first-order chi connectivity index (χ1) is 9.01. The molecule has 1 heterocycles. The van der Waals surface area contributed by atoms with E-state index in [0.29, 0.717) is 5.92 Å². The van der Waals surface area contributed by atoms with E-state index in [0.717, 1.165) is 49.7 Å². The second-order valence-electron chi connectivity index (χ2n) is 5.74. The molecule has 0 aliphatic carbocycles. The van der Waals surface area contributed by atoms with Gasteiger partial charge in [-0.2, -0.15) is 0 Å².